The third-order valence-corrected chi connectivity index (χ3v) is 8.56. The van der Waals surface area contributed by atoms with Crippen LogP contribution in [0, 0.1) is 6.92 Å². The largest absolute Gasteiger partial charge is 0.496 e. The van der Waals surface area contributed by atoms with Gasteiger partial charge >= 0.3 is 0 Å². The van der Waals surface area contributed by atoms with E-state index in [1.165, 1.54) is 22.3 Å². The number of anilines is 1. The quantitative estimate of drug-likeness (QED) is 0.189. The topological polar surface area (TPSA) is 44.5 Å². The fraction of sp³-hybridized carbons (Fsp3) is 0.250. The zero-order valence-corrected chi connectivity index (χ0v) is 26.6. The highest BCUT2D eigenvalue weighted by molar-refractivity contribution is 5.50. The van der Waals surface area contributed by atoms with E-state index in [1.807, 2.05) is 31.2 Å². The maximum atomic E-state index is 5.79. The van der Waals surface area contributed by atoms with Gasteiger partial charge in [-0.3, -0.25) is 0 Å². The Balaban J connectivity index is 0.000000458. The van der Waals surface area contributed by atoms with Crippen molar-refractivity contribution in [3.05, 3.63) is 160 Å². The van der Waals surface area contributed by atoms with Crippen LogP contribution in [0.2, 0.25) is 0 Å². The molecule has 0 radical (unpaired) electrons. The Morgan fingerprint density at radius 1 is 0.512 bits per heavy atom. The number of rotatable bonds is 8. The molecule has 5 rings (SSSR count). The maximum absolute atomic E-state index is 5.79. The van der Waals surface area contributed by atoms with Gasteiger partial charge in [0.1, 0.15) is 11.5 Å². The van der Waals surface area contributed by atoms with Crippen molar-refractivity contribution in [2.45, 2.75) is 51.9 Å². The fourth-order valence-electron chi connectivity index (χ4n) is 5.45. The first kappa shape index (κ1) is 31.4. The van der Waals surface area contributed by atoms with Crippen molar-refractivity contribution in [1.29, 1.82) is 0 Å². The molecule has 0 spiro atoms. The van der Waals surface area contributed by atoms with Crippen molar-refractivity contribution in [2.75, 3.05) is 20.0 Å². The van der Waals surface area contributed by atoms with Crippen LogP contribution in [0.4, 0.5) is 5.69 Å². The molecular formula is C40H45NO2. The average Bonchev–Trinajstić information content (AvgIpc) is 3.03. The lowest BCUT2D eigenvalue weighted by molar-refractivity contribution is 0.404. The van der Waals surface area contributed by atoms with Crippen molar-refractivity contribution in [2.24, 2.45) is 0 Å². The van der Waals surface area contributed by atoms with Crippen LogP contribution in [0.3, 0.4) is 0 Å². The van der Waals surface area contributed by atoms with E-state index in [0.717, 1.165) is 40.3 Å². The van der Waals surface area contributed by atoms with Crippen LogP contribution in [0.15, 0.2) is 121 Å². The molecule has 2 N–H and O–H groups in total. The molecule has 0 saturated carbocycles. The third-order valence-electron chi connectivity index (χ3n) is 8.56. The van der Waals surface area contributed by atoms with Gasteiger partial charge in [-0.25, -0.2) is 0 Å². The van der Waals surface area contributed by atoms with Gasteiger partial charge in [-0.2, -0.15) is 0 Å². The standard InChI is InChI=1S/C33H36O2.C7H9N/c1-32(2,26-13-9-7-10-14-26)28-17-19-30(34-5)24(22-28)21-25-23-29(18-20-31(25)35-6)33(3,4)27-15-11-8-12-16-27;1-6-4-2-3-5-7(6)8/h7-20,22-23H,21H2,1-6H3;2-5H,8H2,1H3. The molecule has 43 heavy (non-hydrogen) atoms. The molecule has 3 heteroatoms. The number of hydrogen-bond acceptors (Lipinski definition) is 3. The van der Waals surface area contributed by atoms with E-state index in [4.69, 9.17) is 15.2 Å². The van der Waals surface area contributed by atoms with Gasteiger partial charge in [0.15, 0.2) is 0 Å². The molecule has 0 heterocycles. The second kappa shape index (κ2) is 13.6. The van der Waals surface area contributed by atoms with Crippen LogP contribution < -0.4 is 15.2 Å². The Kier molecular flexibility index (Phi) is 9.98. The van der Waals surface area contributed by atoms with E-state index in [9.17, 15) is 0 Å². The zero-order chi connectivity index (χ0) is 31.0. The number of methoxy groups -OCH3 is 2. The van der Waals surface area contributed by atoms with Gasteiger partial charge in [0.25, 0.3) is 0 Å². The predicted octanol–water partition coefficient (Wildman–Crippen LogP) is 9.52. The van der Waals surface area contributed by atoms with E-state index >= 15 is 0 Å². The molecule has 0 aliphatic rings. The minimum atomic E-state index is -0.122. The van der Waals surface area contributed by atoms with Gasteiger partial charge in [0.05, 0.1) is 14.2 Å². The lowest BCUT2D eigenvalue weighted by atomic mass is 9.76. The molecule has 0 unspecified atom stereocenters. The Morgan fingerprint density at radius 2 is 0.907 bits per heavy atom. The van der Waals surface area contributed by atoms with Crippen molar-refractivity contribution < 1.29 is 9.47 Å². The van der Waals surface area contributed by atoms with E-state index in [1.54, 1.807) is 14.2 Å². The SMILES string of the molecule is COc1ccc(C(C)(C)c2ccccc2)cc1Cc1cc(C(C)(C)c2ccccc2)ccc1OC.Cc1ccccc1N. The number of para-hydroxylation sites is 1. The highest BCUT2D eigenvalue weighted by Gasteiger charge is 2.26. The Labute approximate surface area is 258 Å². The maximum Gasteiger partial charge on any atom is 0.122 e. The van der Waals surface area contributed by atoms with Crippen LogP contribution >= 0.6 is 0 Å². The number of nitrogens with two attached hydrogens (primary N) is 1. The molecule has 0 aromatic heterocycles. The smallest absolute Gasteiger partial charge is 0.122 e. The summed E-state index contributed by atoms with van der Waals surface area (Å²) < 4.78 is 11.6. The van der Waals surface area contributed by atoms with E-state index in [-0.39, 0.29) is 10.8 Å². The third kappa shape index (κ3) is 7.29. The molecule has 0 aliphatic carbocycles. The summed E-state index contributed by atoms with van der Waals surface area (Å²) in [5, 5.41) is 0. The Hall–Kier alpha value is -4.50. The summed E-state index contributed by atoms with van der Waals surface area (Å²) in [6, 6.07) is 42.3. The summed E-state index contributed by atoms with van der Waals surface area (Å²) in [6.07, 6.45) is 0.726. The van der Waals surface area contributed by atoms with E-state index < -0.39 is 0 Å². The van der Waals surface area contributed by atoms with E-state index in [2.05, 4.69) is 125 Å². The second-order valence-electron chi connectivity index (χ2n) is 12.1. The molecule has 0 saturated heterocycles. The van der Waals surface area contributed by atoms with Crippen molar-refractivity contribution in [1.82, 2.24) is 0 Å². The first-order chi connectivity index (χ1) is 20.6. The predicted molar refractivity (Wildman–Crippen MR) is 182 cm³/mol. The molecular weight excluding hydrogens is 526 g/mol. The number of nitrogen functional groups attached to an aromatic ring is 1. The van der Waals surface area contributed by atoms with Gasteiger partial charge in [0.2, 0.25) is 0 Å². The Bertz CT molecular complexity index is 1500. The first-order valence-electron chi connectivity index (χ1n) is 14.8. The van der Waals surface area contributed by atoms with Gasteiger partial charge < -0.3 is 15.2 Å². The first-order valence-corrected chi connectivity index (χ1v) is 14.8. The number of aryl methyl sites for hydroxylation is 1. The lowest BCUT2D eigenvalue weighted by Gasteiger charge is -2.28. The molecule has 222 valence electrons. The summed E-state index contributed by atoms with van der Waals surface area (Å²) in [5.74, 6) is 1.79. The van der Waals surface area contributed by atoms with Crippen LogP contribution in [-0.4, -0.2) is 14.2 Å². The van der Waals surface area contributed by atoms with Crippen molar-refractivity contribution in [3.63, 3.8) is 0 Å². The molecule has 5 aromatic carbocycles. The van der Waals surface area contributed by atoms with Gasteiger partial charge in [-0.05, 0) is 64.1 Å². The average molecular weight is 572 g/mol. The van der Waals surface area contributed by atoms with Crippen molar-refractivity contribution in [3.8, 4) is 11.5 Å². The summed E-state index contributed by atoms with van der Waals surface area (Å²) in [7, 11) is 3.49. The summed E-state index contributed by atoms with van der Waals surface area (Å²) >= 11 is 0. The van der Waals surface area contributed by atoms with Crippen LogP contribution in [-0.2, 0) is 17.3 Å². The highest BCUT2D eigenvalue weighted by Crippen LogP contribution is 2.38. The molecule has 3 nitrogen and oxygen atoms in total. The lowest BCUT2D eigenvalue weighted by Crippen LogP contribution is -2.19. The minimum Gasteiger partial charge on any atom is -0.496 e. The monoisotopic (exact) mass is 571 g/mol. The highest BCUT2D eigenvalue weighted by atomic mass is 16.5. The molecule has 0 aliphatic heterocycles. The fourth-order valence-corrected chi connectivity index (χ4v) is 5.45. The molecule has 0 bridgehead atoms. The Morgan fingerprint density at radius 3 is 1.26 bits per heavy atom. The number of benzene rings is 5. The summed E-state index contributed by atoms with van der Waals surface area (Å²) in [5.41, 5.74) is 14.7. The minimum absolute atomic E-state index is 0.122. The molecule has 5 aromatic rings. The van der Waals surface area contributed by atoms with Crippen LogP contribution in [0.5, 0.6) is 11.5 Å². The molecule has 0 atom stereocenters. The van der Waals surface area contributed by atoms with Crippen LogP contribution in [0.25, 0.3) is 0 Å². The number of ether oxygens (including phenoxy) is 2. The van der Waals surface area contributed by atoms with Crippen LogP contribution in [0.1, 0.15) is 66.6 Å². The van der Waals surface area contributed by atoms with E-state index in [0.29, 0.717) is 0 Å². The zero-order valence-electron chi connectivity index (χ0n) is 26.6. The number of hydrogen-bond donors (Lipinski definition) is 1. The summed E-state index contributed by atoms with van der Waals surface area (Å²) in [6.45, 7) is 11.1. The van der Waals surface area contributed by atoms with Gasteiger partial charge in [-0.15, -0.1) is 0 Å². The second-order valence-corrected chi connectivity index (χ2v) is 12.1. The van der Waals surface area contributed by atoms with Gasteiger partial charge in [-0.1, -0.05) is 131 Å². The van der Waals surface area contributed by atoms with Crippen molar-refractivity contribution >= 4 is 5.69 Å². The molecule has 0 fully saturated rings. The van der Waals surface area contributed by atoms with Gasteiger partial charge in [0, 0.05) is 22.9 Å². The normalized spacial score (nSPS) is 11.3. The summed E-state index contributed by atoms with van der Waals surface area (Å²) in [4.78, 5) is 0. The molecule has 0 amide bonds.